The van der Waals surface area contributed by atoms with Gasteiger partial charge in [0, 0.05) is 17.7 Å². The van der Waals surface area contributed by atoms with E-state index in [4.69, 9.17) is 23.4 Å². The summed E-state index contributed by atoms with van der Waals surface area (Å²) in [6.45, 7) is -1.02. The van der Waals surface area contributed by atoms with Crippen LogP contribution in [0.4, 0.5) is 0 Å². The average Bonchev–Trinajstić information content (AvgIpc) is 2.95. The molecule has 3 heterocycles. The van der Waals surface area contributed by atoms with Crippen molar-refractivity contribution >= 4 is 11.0 Å². The van der Waals surface area contributed by atoms with Crippen LogP contribution in [0.2, 0.25) is 0 Å². The monoisotopic (exact) mass is 612 g/mol. The van der Waals surface area contributed by atoms with Crippen LogP contribution < -0.4 is 10.2 Å². The molecule has 1 aromatic heterocycles. The molecular formula is C26H28O17. The highest BCUT2D eigenvalue weighted by Crippen LogP contribution is 2.43. The number of phenols is 5. The molecule has 2 aliphatic rings. The zero-order valence-corrected chi connectivity index (χ0v) is 21.8. The van der Waals surface area contributed by atoms with E-state index in [2.05, 4.69) is 0 Å². The molecule has 43 heavy (non-hydrogen) atoms. The molecule has 2 fully saturated rings. The number of aliphatic hydroxyl groups is 6. The lowest BCUT2D eigenvalue weighted by atomic mass is 9.99. The highest BCUT2D eigenvalue weighted by molar-refractivity contribution is 5.88. The van der Waals surface area contributed by atoms with Crippen molar-refractivity contribution in [1.29, 1.82) is 0 Å². The Kier molecular flexibility index (Phi) is 8.27. The highest BCUT2D eigenvalue weighted by atomic mass is 16.7. The van der Waals surface area contributed by atoms with E-state index < -0.39 is 120 Å². The number of ether oxygens (including phenoxy) is 4. The predicted molar refractivity (Wildman–Crippen MR) is 137 cm³/mol. The first-order chi connectivity index (χ1) is 20.3. The molecule has 11 N–H and O–H groups in total. The third-order valence-electron chi connectivity index (χ3n) is 7.03. The van der Waals surface area contributed by atoms with Gasteiger partial charge in [0.15, 0.2) is 29.3 Å². The van der Waals surface area contributed by atoms with Gasteiger partial charge in [-0.05, 0) is 12.1 Å². The Morgan fingerprint density at radius 3 is 2.09 bits per heavy atom. The summed E-state index contributed by atoms with van der Waals surface area (Å²) in [5.74, 6) is -5.15. The first-order valence-corrected chi connectivity index (χ1v) is 12.7. The van der Waals surface area contributed by atoms with Gasteiger partial charge in [-0.3, -0.25) is 4.79 Å². The molecular weight excluding hydrogens is 584 g/mol. The molecule has 5 rings (SSSR count). The molecule has 0 amide bonds. The van der Waals surface area contributed by atoms with E-state index in [1.54, 1.807) is 0 Å². The van der Waals surface area contributed by atoms with E-state index in [0.717, 1.165) is 24.3 Å². The van der Waals surface area contributed by atoms with Crippen LogP contribution in [0.3, 0.4) is 0 Å². The normalized spacial score (nSPS) is 31.3. The van der Waals surface area contributed by atoms with Crippen LogP contribution in [0.25, 0.3) is 22.3 Å². The second-order valence-corrected chi connectivity index (χ2v) is 10.0. The number of hydrogen-bond acceptors (Lipinski definition) is 17. The topological polar surface area (TPSA) is 290 Å². The minimum atomic E-state index is -2.02. The summed E-state index contributed by atoms with van der Waals surface area (Å²) in [5, 5.41) is 111. The van der Waals surface area contributed by atoms with E-state index in [1.165, 1.54) is 0 Å². The second kappa shape index (κ2) is 11.6. The maximum Gasteiger partial charge on any atom is 0.239 e. The zero-order chi connectivity index (χ0) is 31.3. The fourth-order valence-corrected chi connectivity index (χ4v) is 4.68. The molecule has 2 aromatic carbocycles. The molecule has 0 radical (unpaired) electrons. The quantitative estimate of drug-likeness (QED) is 0.130. The van der Waals surface area contributed by atoms with Crippen LogP contribution in [0.15, 0.2) is 33.5 Å². The highest BCUT2D eigenvalue weighted by Gasteiger charge is 2.47. The smallest absolute Gasteiger partial charge is 0.239 e. The molecule has 0 bridgehead atoms. The van der Waals surface area contributed by atoms with Gasteiger partial charge in [0.05, 0.1) is 13.2 Å². The van der Waals surface area contributed by atoms with E-state index in [9.17, 15) is 61.0 Å². The minimum absolute atomic E-state index is 0.264. The maximum absolute atomic E-state index is 13.6. The maximum atomic E-state index is 13.6. The standard InChI is InChI=1S/C26H28O17/c27-8-3-9(28)15-13(4-8)41-23(7-1-10(29)16(32)11(30)2-7)24(19(15)35)43-26-22(38)20(36)18(34)14(42-26)6-40-25-21(37)17(33)12(31)5-39-25/h1-4,12,14,17-18,20-22,25-34,36-38H,5-6H2/t12-,14-,17+,18+,20+,21-,22-,25+,26+/m1/s1. The average molecular weight is 612 g/mol. The van der Waals surface area contributed by atoms with Crippen molar-refractivity contribution in [1.82, 2.24) is 0 Å². The molecule has 0 spiro atoms. The largest absolute Gasteiger partial charge is 0.508 e. The molecule has 0 unspecified atom stereocenters. The van der Waals surface area contributed by atoms with Gasteiger partial charge in [-0.25, -0.2) is 0 Å². The van der Waals surface area contributed by atoms with Crippen LogP contribution in [0.1, 0.15) is 0 Å². The summed E-state index contributed by atoms with van der Waals surface area (Å²) in [6, 6.07) is 3.56. The lowest BCUT2D eigenvalue weighted by Gasteiger charge is -2.41. The molecule has 3 aromatic rings. The lowest BCUT2D eigenvalue weighted by molar-refractivity contribution is -0.307. The second-order valence-electron chi connectivity index (χ2n) is 10.0. The minimum Gasteiger partial charge on any atom is -0.508 e. The molecule has 17 nitrogen and oxygen atoms in total. The van der Waals surface area contributed by atoms with Crippen LogP contribution in [-0.4, -0.2) is 125 Å². The summed E-state index contributed by atoms with van der Waals surface area (Å²) in [4.78, 5) is 13.6. The van der Waals surface area contributed by atoms with Gasteiger partial charge in [0.25, 0.3) is 0 Å². The number of aromatic hydroxyl groups is 5. The Labute approximate surface area is 239 Å². The van der Waals surface area contributed by atoms with Gasteiger partial charge in [0.1, 0.15) is 65.2 Å². The fraction of sp³-hybridized carbons (Fsp3) is 0.423. The Bertz CT molecular complexity index is 1530. The van der Waals surface area contributed by atoms with Gasteiger partial charge < -0.3 is 79.5 Å². The van der Waals surface area contributed by atoms with E-state index >= 15 is 0 Å². The Balaban J connectivity index is 1.50. The van der Waals surface area contributed by atoms with Gasteiger partial charge in [0.2, 0.25) is 17.5 Å². The number of hydrogen-bond donors (Lipinski definition) is 11. The van der Waals surface area contributed by atoms with Gasteiger partial charge in [-0.15, -0.1) is 0 Å². The van der Waals surface area contributed by atoms with Crippen molar-refractivity contribution in [3.05, 3.63) is 34.5 Å². The predicted octanol–water partition coefficient (Wildman–Crippen LogP) is -2.37. The summed E-state index contributed by atoms with van der Waals surface area (Å²) < 4.78 is 27.3. The molecule has 9 atom stereocenters. The van der Waals surface area contributed by atoms with Gasteiger partial charge >= 0.3 is 0 Å². The molecule has 234 valence electrons. The van der Waals surface area contributed by atoms with Crippen LogP contribution in [0.5, 0.6) is 34.5 Å². The van der Waals surface area contributed by atoms with Crippen molar-refractivity contribution < 1.29 is 79.5 Å². The van der Waals surface area contributed by atoms with Crippen molar-refractivity contribution in [3.63, 3.8) is 0 Å². The first kappa shape index (κ1) is 30.5. The summed E-state index contributed by atoms with van der Waals surface area (Å²) in [7, 11) is 0. The molecule has 0 aliphatic carbocycles. The third-order valence-corrected chi connectivity index (χ3v) is 7.03. The first-order valence-electron chi connectivity index (χ1n) is 12.7. The number of phenolic OH excluding ortho intramolecular Hbond substituents is 5. The van der Waals surface area contributed by atoms with Crippen molar-refractivity contribution in [3.8, 4) is 45.8 Å². The van der Waals surface area contributed by atoms with Crippen molar-refractivity contribution in [2.75, 3.05) is 13.2 Å². The SMILES string of the molecule is O=c1c(O[C@@H]2O[C@H](CO[C@@H]3OC[C@@H](O)[C@H](O)[C@H]3O)[C@H](O)[C@H](O)[C@H]2O)c(-c2cc(O)c(O)c(O)c2)oc2cc(O)cc(O)c12. The van der Waals surface area contributed by atoms with Crippen LogP contribution in [-0.2, 0) is 14.2 Å². The Morgan fingerprint density at radius 1 is 0.767 bits per heavy atom. The molecule has 0 saturated carbocycles. The summed E-state index contributed by atoms with van der Waals surface area (Å²) in [5.41, 5.74) is -1.74. The van der Waals surface area contributed by atoms with Crippen LogP contribution >= 0.6 is 0 Å². The van der Waals surface area contributed by atoms with Gasteiger partial charge in [-0.1, -0.05) is 0 Å². The number of fused-ring (bicyclic) bond motifs is 1. The third kappa shape index (κ3) is 5.60. The fourth-order valence-electron chi connectivity index (χ4n) is 4.68. The van der Waals surface area contributed by atoms with Crippen molar-refractivity contribution in [2.24, 2.45) is 0 Å². The van der Waals surface area contributed by atoms with E-state index in [0.29, 0.717) is 0 Å². The van der Waals surface area contributed by atoms with Gasteiger partial charge in [-0.2, -0.15) is 0 Å². The van der Waals surface area contributed by atoms with Crippen LogP contribution in [0, 0.1) is 0 Å². The summed E-state index contributed by atoms with van der Waals surface area (Å²) in [6.07, 6.45) is -15.4. The number of benzene rings is 2. The summed E-state index contributed by atoms with van der Waals surface area (Å²) >= 11 is 0. The zero-order valence-electron chi connectivity index (χ0n) is 21.8. The number of aliphatic hydroxyl groups excluding tert-OH is 6. The molecule has 2 saturated heterocycles. The van der Waals surface area contributed by atoms with E-state index in [-0.39, 0.29) is 11.1 Å². The Hall–Kier alpha value is -3.91. The molecule has 17 heteroatoms. The number of rotatable bonds is 6. The lowest BCUT2D eigenvalue weighted by Crippen LogP contribution is -2.61. The molecule has 2 aliphatic heterocycles. The van der Waals surface area contributed by atoms with E-state index in [1.807, 2.05) is 0 Å². The Morgan fingerprint density at radius 2 is 1.42 bits per heavy atom. The van der Waals surface area contributed by atoms with Crippen molar-refractivity contribution in [2.45, 2.75) is 55.3 Å².